The minimum absolute atomic E-state index is 0.354. The maximum absolute atomic E-state index is 12.4. The minimum atomic E-state index is -5.28. The average molecular weight is 274 g/mol. The summed E-state index contributed by atoms with van der Waals surface area (Å²) in [5, 5.41) is 8.56. The molecule has 0 aliphatic rings. The van der Waals surface area contributed by atoms with Crippen LogP contribution < -0.4 is 4.74 Å². The van der Waals surface area contributed by atoms with Gasteiger partial charge in [0.15, 0.2) is 0 Å². The van der Waals surface area contributed by atoms with Crippen molar-refractivity contribution >= 4 is 5.97 Å². The van der Waals surface area contributed by atoms with Crippen molar-refractivity contribution in [3.8, 4) is 5.75 Å². The number of carboxylic acid groups (broad SMARTS) is 1. The van der Waals surface area contributed by atoms with Crippen molar-refractivity contribution in [2.24, 2.45) is 0 Å². The van der Waals surface area contributed by atoms with Crippen molar-refractivity contribution in [3.05, 3.63) is 29.3 Å². The molecule has 0 atom stereocenters. The predicted octanol–water partition coefficient (Wildman–Crippen LogP) is 3.30. The Bertz CT molecular complexity index is 462. The van der Waals surface area contributed by atoms with Gasteiger partial charge in [0.25, 0.3) is 0 Å². The molecule has 9 heteroatoms. The maximum Gasteiger partial charge on any atom is 0.573 e. The van der Waals surface area contributed by atoms with Gasteiger partial charge in [-0.1, -0.05) is 6.07 Å². The van der Waals surface area contributed by atoms with Crippen molar-refractivity contribution in [1.29, 1.82) is 0 Å². The van der Waals surface area contributed by atoms with Gasteiger partial charge in [0, 0.05) is 0 Å². The first kappa shape index (κ1) is 14.1. The number of hydrogen-bond acceptors (Lipinski definition) is 2. The lowest BCUT2D eigenvalue weighted by molar-refractivity contribution is -0.274. The number of carbonyl (C=O) groups is 1. The van der Waals surface area contributed by atoms with Crippen LogP contribution in [0.25, 0.3) is 0 Å². The molecule has 100 valence electrons. The molecule has 0 aliphatic heterocycles. The number of benzene rings is 1. The molecule has 0 saturated carbocycles. The summed E-state index contributed by atoms with van der Waals surface area (Å²) in [6.45, 7) is 0. The fourth-order valence-corrected chi connectivity index (χ4v) is 1.20. The Labute approximate surface area is 95.6 Å². The lowest BCUT2D eigenvalue weighted by atomic mass is 10.1. The Balaban J connectivity index is 3.41. The fraction of sp³-hybridized carbons (Fsp3) is 0.222. The third-order valence-electron chi connectivity index (χ3n) is 1.77. The molecule has 0 amide bonds. The predicted molar refractivity (Wildman–Crippen MR) is 45.1 cm³/mol. The molecule has 3 nitrogen and oxygen atoms in total. The summed E-state index contributed by atoms with van der Waals surface area (Å²) in [5.41, 5.74) is -3.29. The molecule has 0 heterocycles. The number of rotatable bonds is 2. The topological polar surface area (TPSA) is 46.5 Å². The molecular formula is C9H4F6O3. The fourth-order valence-electron chi connectivity index (χ4n) is 1.20. The molecule has 1 aromatic rings. The highest BCUT2D eigenvalue weighted by Crippen LogP contribution is 2.37. The highest BCUT2D eigenvalue weighted by molar-refractivity contribution is 5.93. The average Bonchev–Trinajstić information content (AvgIpc) is 2.12. The maximum atomic E-state index is 12.4. The molecule has 0 saturated heterocycles. The zero-order chi connectivity index (χ0) is 14.1. The summed E-state index contributed by atoms with van der Waals surface area (Å²) in [5.74, 6) is -3.58. The summed E-state index contributed by atoms with van der Waals surface area (Å²) in [4.78, 5) is 10.6. The Morgan fingerprint density at radius 1 is 1.11 bits per heavy atom. The third kappa shape index (κ3) is 3.28. The van der Waals surface area contributed by atoms with E-state index in [0.717, 1.165) is 0 Å². The molecule has 18 heavy (non-hydrogen) atoms. The molecule has 1 aromatic carbocycles. The molecule has 0 aliphatic carbocycles. The largest absolute Gasteiger partial charge is 0.573 e. The van der Waals surface area contributed by atoms with E-state index in [1.165, 1.54) is 0 Å². The molecule has 1 N–H and O–H groups in total. The molecule has 1 rings (SSSR count). The van der Waals surface area contributed by atoms with Crippen molar-refractivity contribution in [2.75, 3.05) is 0 Å². The van der Waals surface area contributed by atoms with Crippen LogP contribution in [0.2, 0.25) is 0 Å². The van der Waals surface area contributed by atoms with Gasteiger partial charge in [-0.25, -0.2) is 4.79 Å². The van der Waals surface area contributed by atoms with Gasteiger partial charge >= 0.3 is 18.5 Å². The number of hydrogen-bond donors (Lipinski definition) is 1. The Morgan fingerprint density at radius 2 is 1.67 bits per heavy atom. The van der Waals surface area contributed by atoms with Gasteiger partial charge in [0.1, 0.15) is 11.3 Å². The van der Waals surface area contributed by atoms with Crippen molar-refractivity contribution < 1.29 is 41.0 Å². The van der Waals surface area contributed by atoms with E-state index < -0.39 is 35.4 Å². The van der Waals surface area contributed by atoms with E-state index in [1.807, 2.05) is 0 Å². The van der Waals surface area contributed by atoms with Crippen LogP contribution >= 0.6 is 0 Å². The van der Waals surface area contributed by atoms with Crippen LogP contribution in [0.4, 0.5) is 26.3 Å². The Hall–Kier alpha value is -1.93. The van der Waals surface area contributed by atoms with E-state index in [2.05, 4.69) is 4.74 Å². The summed E-state index contributed by atoms with van der Waals surface area (Å²) in [6.07, 6.45) is -10.4. The summed E-state index contributed by atoms with van der Waals surface area (Å²) < 4.78 is 76.3. The van der Waals surface area contributed by atoms with E-state index >= 15 is 0 Å². The number of alkyl halides is 6. The molecule has 0 unspecified atom stereocenters. The second kappa shape index (κ2) is 4.39. The number of halogens is 6. The molecular weight excluding hydrogens is 270 g/mol. The first-order valence-corrected chi connectivity index (χ1v) is 4.21. The van der Waals surface area contributed by atoms with Crippen LogP contribution in [0, 0.1) is 0 Å². The van der Waals surface area contributed by atoms with Gasteiger partial charge in [-0.2, -0.15) is 13.2 Å². The molecule has 0 fully saturated rings. The lowest BCUT2D eigenvalue weighted by Gasteiger charge is -2.15. The third-order valence-corrected chi connectivity index (χ3v) is 1.77. The minimum Gasteiger partial charge on any atom is -0.478 e. The van der Waals surface area contributed by atoms with E-state index in [0.29, 0.717) is 18.2 Å². The highest BCUT2D eigenvalue weighted by atomic mass is 19.4. The normalized spacial score (nSPS) is 12.3. The summed E-state index contributed by atoms with van der Waals surface area (Å²) in [7, 11) is 0. The quantitative estimate of drug-likeness (QED) is 0.841. The molecule has 0 spiro atoms. The second-order valence-corrected chi connectivity index (χ2v) is 3.03. The first-order chi connectivity index (χ1) is 8.02. The van der Waals surface area contributed by atoms with Crippen LogP contribution in [0.1, 0.15) is 15.9 Å². The van der Waals surface area contributed by atoms with Crippen molar-refractivity contribution in [2.45, 2.75) is 12.5 Å². The first-order valence-electron chi connectivity index (χ1n) is 4.21. The van der Waals surface area contributed by atoms with Crippen molar-refractivity contribution in [3.63, 3.8) is 0 Å². The number of carboxylic acids is 1. The Kier molecular flexibility index (Phi) is 3.45. The summed E-state index contributed by atoms with van der Waals surface area (Å²) in [6, 6.07) is 1.47. The molecule has 0 radical (unpaired) electrons. The smallest absolute Gasteiger partial charge is 0.478 e. The zero-order valence-corrected chi connectivity index (χ0v) is 8.26. The van der Waals surface area contributed by atoms with E-state index in [9.17, 15) is 31.1 Å². The Morgan fingerprint density at radius 3 is 2.06 bits per heavy atom. The van der Waals surface area contributed by atoms with Crippen LogP contribution in [0.15, 0.2) is 18.2 Å². The van der Waals surface area contributed by atoms with Gasteiger partial charge in [0.05, 0.1) is 5.56 Å². The van der Waals surface area contributed by atoms with Crippen LogP contribution in [-0.4, -0.2) is 17.4 Å². The lowest BCUT2D eigenvalue weighted by Crippen LogP contribution is -2.21. The second-order valence-electron chi connectivity index (χ2n) is 3.03. The number of ether oxygens (including phenoxy) is 1. The van der Waals surface area contributed by atoms with E-state index in [1.54, 1.807) is 0 Å². The number of aromatic carboxylic acids is 1. The van der Waals surface area contributed by atoms with E-state index in [-0.39, 0.29) is 0 Å². The van der Waals surface area contributed by atoms with Crippen LogP contribution in [0.3, 0.4) is 0 Å². The highest BCUT2D eigenvalue weighted by Gasteiger charge is 2.39. The van der Waals surface area contributed by atoms with Crippen LogP contribution in [0.5, 0.6) is 5.75 Å². The monoisotopic (exact) mass is 274 g/mol. The molecule has 0 aromatic heterocycles. The zero-order valence-electron chi connectivity index (χ0n) is 8.26. The standard InChI is InChI=1S/C9H4F6O3/c10-8(11,12)4-2-1-3-5(6(4)7(16)17)18-9(13,14)15/h1-3H,(H,16,17). The molecule has 0 bridgehead atoms. The van der Waals surface area contributed by atoms with Gasteiger partial charge < -0.3 is 9.84 Å². The SMILES string of the molecule is O=C(O)c1c(OC(F)(F)F)cccc1C(F)(F)F. The van der Waals surface area contributed by atoms with Gasteiger partial charge in [-0.15, -0.1) is 13.2 Å². The van der Waals surface area contributed by atoms with Gasteiger partial charge in [0.2, 0.25) is 0 Å². The summed E-state index contributed by atoms with van der Waals surface area (Å²) >= 11 is 0. The van der Waals surface area contributed by atoms with Gasteiger partial charge in [-0.05, 0) is 12.1 Å². The van der Waals surface area contributed by atoms with E-state index in [4.69, 9.17) is 5.11 Å². The van der Waals surface area contributed by atoms with Crippen LogP contribution in [-0.2, 0) is 6.18 Å². The van der Waals surface area contributed by atoms with Crippen molar-refractivity contribution in [1.82, 2.24) is 0 Å². The van der Waals surface area contributed by atoms with Gasteiger partial charge in [-0.3, -0.25) is 0 Å².